The Morgan fingerprint density at radius 3 is 2.86 bits per heavy atom. The van der Waals surface area contributed by atoms with Crippen molar-refractivity contribution in [1.82, 2.24) is 20.0 Å². The molecular weight excluding hydrogens is 388 g/mol. The van der Waals surface area contributed by atoms with Gasteiger partial charge >= 0.3 is 0 Å². The number of morpholine rings is 1. The highest BCUT2D eigenvalue weighted by Gasteiger charge is 2.20. The van der Waals surface area contributed by atoms with Crippen LogP contribution in [0, 0.1) is 0 Å². The van der Waals surface area contributed by atoms with Gasteiger partial charge in [-0.2, -0.15) is 5.10 Å². The molecule has 0 unspecified atom stereocenters. The summed E-state index contributed by atoms with van der Waals surface area (Å²) in [7, 11) is 1.65. The number of amides is 1. The summed E-state index contributed by atoms with van der Waals surface area (Å²) in [6.07, 6.45) is 0.822. The Labute approximate surface area is 174 Å². The molecule has 29 heavy (non-hydrogen) atoms. The van der Waals surface area contributed by atoms with Gasteiger partial charge in [0.15, 0.2) is 5.69 Å². The first-order valence-corrected chi connectivity index (χ1v) is 10.8. The molecule has 154 valence electrons. The van der Waals surface area contributed by atoms with Gasteiger partial charge in [-0.05, 0) is 23.9 Å². The average molecular weight is 415 g/mol. The quantitative estimate of drug-likeness (QED) is 0.613. The molecule has 4 rings (SSSR count). The molecule has 1 amide bonds. The summed E-state index contributed by atoms with van der Waals surface area (Å²) in [4.78, 5) is 16.5. The zero-order chi connectivity index (χ0) is 20.1. The Kier molecular flexibility index (Phi) is 6.43. The number of ether oxygens (including phenoxy) is 2. The minimum Gasteiger partial charge on any atom is -0.494 e. The maximum Gasteiger partial charge on any atom is 0.272 e. The summed E-state index contributed by atoms with van der Waals surface area (Å²) >= 11 is 1.70. The number of nitrogens with one attached hydrogen (secondary N) is 1. The van der Waals surface area contributed by atoms with E-state index in [2.05, 4.69) is 21.4 Å². The molecule has 0 radical (unpaired) electrons. The molecule has 7 nitrogen and oxygen atoms in total. The topological polar surface area (TPSA) is 68.6 Å². The van der Waals surface area contributed by atoms with Gasteiger partial charge in [0.05, 0.1) is 26.9 Å². The van der Waals surface area contributed by atoms with E-state index in [-0.39, 0.29) is 5.91 Å². The number of aromatic nitrogens is 2. The Morgan fingerprint density at radius 1 is 1.24 bits per heavy atom. The first-order valence-electron chi connectivity index (χ1n) is 9.90. The standard InChI is InChI=1S/C21H26N4O3S/c1-27-18-6-2-5-17-19(21(26)22-8-7-16-4-3-15-29-16)23-25(20(17)18)10-9-24-11-13-28-14-12-24/h2-6,15H,7-14H2,1H3,(H,22,26). The van der Waals surface area contributed by atoms with Crippen molar-refractivity contribution in [3.63, 3.8) is 0 Å². The van der Waals surface area contributed by atoms with Crippen molar-refractivity contribution in [3.8, 4) is 5.75 Å². The SMILES string of the molecule is COc1cccc2c(C(=O)NCCc3cccs3)nn(CCN3CCOCC3)c12. The van der Waals surface area contributed by atoms with E-state index in [1.165, 1.54) is 4.88 Å². The summed E-state index contributed by atoms with van der Waals surface area (Å²) in [5.74, 6) is 0.583. The van der Waals surface area contributed by atoms with Crippen molar-refractivity contribution in [2.45, 2.75) is 13.0 Å². The molecule has 0 bridgehead atoms. The van der Waals surface area contributed by atoms with Crippen LogP contribution in [0.3, 0.4) is 0 Å². The van der Waals surface area contributed by atoms with Crippen molar-refractivity contribution >= 4 is 28.1 Å². The molecule has 1 saturated heterocycles. The Hall–Kier alpha value is -2.42. The zero-order valence-corrected chi connectivity index (χ0v) is 17.4. The molecule has 2 aromatic heterocycles. The first-order chi connectivity index (χ1) is 14.3. The van der Waals surface area contributed by atoms with E-state index < -0.39 is 0 Å². The van der Waals surface area contributed by atoms with Crippen molar-refractivity contribution in [3.05, 3.63) is 46.3 Å². The van der Waals surface area contributed by atoms with Crippen LogP contribution in [-0.4, -0.2) is 67.1 Å². The molecule has 1 fully saturated rings. The molecule has 3 aromatic rings. The van der Waals surface area contributed by atoms with Crippen molar-refractivity contribution in [1.29, 1.82) is 0 Å². The van der Waals surface area contributed by atoms with Crippen molar-refractivity contribution in [2.75, 3.05) is 46.5 Å². The van der Waals surface area contributed by atoms with E-state index in [9.17, 15) is 4.79 Å². The fourth-order valence-electron chi connectivity index (χ4n) is 3.60. The van der Waals surface area contributed by atoms with Gasteiger partial charge in [0.25, 0.3) is 5.91 Å². The normalized spacial score (nSPS) is 14.9. The Morgan fingerprint density at radius 2 is 2.10 bits per heavy atom. The van der Waals surface area contributed by atoms with E-state index in [0.29, 0.717) is 18.8 Å². The highest BCUT2D eigenvalue weighted by atomic mass is 32.1. The second-order valence-electron chi connectivity index (χ2n) is 6.97. The van der Waals surface area contributed by atoms with Crippen LogP contribution in [0.5, 0.6) is 5.75 Å². The number of thiophene rings is 1. The van der Waals surface area contributed by atoms with Gasteiger partial charge in [0, 0.05) is 36.4 Å². The molecular formula is C21H26N4O3S. The van der Waals surface area contributed by atoms with Gasteiger partial charge in [-0.25, -0.2) is 0 Å². The van der Waals surface area contributed by atoms with Gasteiger partial charge < -0.3 is 14.8 Å². The van der Waals surface area contributed by atoms with Crippen LogP contribution >= 0.6 is 11.3 Å². The molecule has 0 spiro atoms. The summed E-state index contributed by atoms with van der Waals surface area (Å²) < 4.78 is 12.9. The number of carbonyl (C=O) groups excluding carboxylic acids is 1. The second kappa shape index (κ2) is 9.39. The molecule has 1 N–H and O–H groups in total. The Bertz CT molecular complexity index is 948. The molecule has 0 atom stereocenters. The minimum absolute atomic E-state index is 0.148. The zero-order valence-electron chi connectivity index (χ0n) is 16.6. The lowest BCUT2D eigenvalue weighted by atomic mass is 10.2. The number of methoxy groups -OCH3 is 1. The molecule has 1 aliphatic heterocycles. The lowest BCUT2D eigenvalue weighted by Gasteiger charge is -2.26. The fourth-order valence-corrected chi connectivity index (χ4v) is 4.31. The third-order valence-electron chi connectivity index (χ3n) is 5.14. The fraction of sp³-hybridized carbons (Fsp3) is 0.429. The maximum atomic E-state index is 12.9. The predicted octanol–water partition coefficient (Wildman–Crippen LogP) is 2.41. The van der Waals surface area contributed by atoms with Crippen LogP contribution in [0.2, 0.25) is 0 Å². The predicted molar refractivity (Wildman–Crippen MR) is 114 cm³/mol. The molecule has 8 heteroatoms. The van der Waals surface area contributed by atoms with Crippen LogP contribution in [0.25, 0.3) is 10.9 Å². The van der Waals surface area contributed by atoms with Crippen LogP contribution in [0.1, 0.15) is 15.4 Å². The molecule has 3 heterocycles. The molecule has 1 aliphatic rings. The first kappa shape index (κ1) is 19.9. The van der Waals surface area contributed by atoms with Gasteiger partial charge in [0.2, 0.25) is 0 Å². The summed E-state index contributed by atoms with van der Waals surface area (Å²) in [5, 5.41) is 10.5. The number of rotatable bonds is 8. The Balaban J connectivity index is 1.52. The maximum absolute atomic E-state index is 12.9. The van der Waals surface area contributed by atoms with E-state index in [0.717, 1.165) is 55.9 Å². The number of hydrogen-bond donors (Lipinski definition) is 1. The number of nitrogens with zero attached hydrogens (tertiary/aromatic N) is 3. The van der Waals surface area contributed by atoms with Gasteiger partial charge in [-0.15, -0.1) is 11.3 Å². The second-order valence-corrected chi connectivity index (χ2v) is 8.00. The van der Waals surface area contributed by atoms with Crippen LogP contribution in [0.15, 0.2) is 35.7 Å². The number of carbonyl (C=O) groups is 1. The van der Waals surface area contributed by atoms with Gasteiger partial charge in [-0.3, -0.25) is 14.4 Å². The number of fused-ring (bicyclic) bond motifs is 1. The highest BCUT2D eigenvalue weighted by molar-refractivity contribution is 7.09. The largest absolute Gasteiger partial charge is 0.494 e. The van der Waals surface area contributed by atoms with Gasteiger partial charge in [-0.1, -0.05) is 18.2 Å². The van der Waals surface area contributed by atoms with Crippen LogP contribution in [-0.2, 0) is 17.7 Å². The van der Waals surface area contributed by atoms with E-state index in [4.69, 9.17) is 9.47 Å². The number of para-hydroxylation sites is 1. The number of benzene rings is 1. The van der Waals surface area contributed by atoms with Crippen molar-refractivity contribution in [2.24, 2.45) is 0 Å². The summed E-state index contributed by atoms with van der Waals surface area (Å²) in [5.41, 5.74) is 1.32. The summed E-state index contributed by atoms with van der Waals surface area (Å²) in [6, 6.07) is 9.85. The van der Waals surface area contributed by atoms with E-state index >= 15 is 0 Å². The third kappa shape index (κ3) is 4.60. The molecule has 0 aliphatic carbocycles. The van der Waals surface area contributed by atoms with E-state index in [1.54, 1.807) is 18.4 Å². The lowest BCUT2D eigenvalue weighted by molar-refractivity contribution is 0.0361. The summed E-state index contributed by atoms with van der Waals surface area (Å²) in [6.45, 7) is 5.52. The molecule has 0 saturated carbocycles. The number of hydrogen-bond acceptors (Lipinski definition) is 6. The smallest absolute Gasteiger partial charge is 0.272 e. The molecule has 1 aromatic carbocycles. The lowest BCUT2D eigenvalue weighted by Crippen LogP contribution is -2.38. The minimum atomic E-state index is -0.148. The van der Waals surface area contributed by atoms with Crippen LogP contribution in [0.4, 0.5) is 0 Å². The monoisotopic (exact) mass is 414 g/mol. The third-order valence-corrected chi connectivity index (χ3v) is 6.07. The van der Waals surface area contributed by atoms with Crippen LogP contribution < -0.4 is 10.1 Å². The average Bonchev–Trinajstić information content (AvgIpc) is 3.41. The highest BCUT2D eigenvalue weighted by Crippen LogP contribution is 2.28. The van der Waals surface area contributed by atoms with Crippen molar-refractivity contribution < 1.29 is 14.3 Å². The van der Waals surface area contributed by atoms with Gasteiger partial charge in [0.1, 0.15) is 11.3 Å². The van der Waals surface area contributed by atoms with E-state index in [1.807, 2.05) is 34.3 Å².